The highest BCUT2D eigenvalue weighted by molar-refractivity contribution is 5.92. The number of rotatable bonds is 1. The summed E-state index contributed by atoms with van der Waals surface area (Å²) < 4.78 is 4.72. The van der Waals surface area contributed by atoms with Gasteiger partial charge in [-0.05, 0) is 42.5 Å². The molecule has 1 aromatic rings. The van der Waals surface area contributed by atoms with E-state index in [1.807, 2.05) is 0 Å². The van der Waals surface area contributed by atoms with Crippen LogP contribution in [0.3, 0.4) is 0 Å². The largest absolute Gasteiger partial charge is 0.465 e. The summed E-state index contributed by atoms with van der Waals surface area (Å²) in [7, 11) is 1.40. The number of esters is 1. The number of nitrogens with two attached hydrogens (primary N) is 1. The SMILES string of the molecule is COC(=O)c1ccc(N)c2c1CCC2. The summed E-state index contributed by atoms with van der Waals surface area (Å²) in [5.41, 5.74) is 9.51. The first-order valence-electron chi connectivity index (χ1n) is 4.72. The Hall–Kier alpha value is -1.51. The zero-order valence-electron chi connectivity index (χ0n) is 8.17. The molecule has 3 nitrogen and oxygen atoms in total. The smallest absolute Gasteiger partial charge is 0.338 e. The highest BCUT2D eigenvalue weighted by Crippen LogP contribution is 2.30. The second-order valence-corrected chi connectivity index (χ2v) is 3.50. The maximum Gasteiger partial charge on any atom is 0.338 e. The molecule has 0 fully saturated rings. The van der Waals surface area contributed by atoms with Crippen LogP contribution in [0.15, 0.2) is 12.1 Å². The van der Waals surface area contributed by atoms with Crippen LogP contribution in [0.2, 0.25) is 0 Å². The minimum atomic E-state index is -0.261. The third kappa shape index (κ3) is 1.25. The molecule has 3 heteroatoms. The first-order chi connectivity index (χ1) is 6.74. The summed E-state index contributed by atoms with van der Waals surface area (Å²) >= 11 is 0. The predicted octanol–water partition coefficient (Wildman–Crippen LogP) is 1.54. The van der Waals surface area contributed by atoms with Gasteiger partial charge in [-0.15, -0.1) is 0 Å². The van der Waals surface area contributed by atoms with Crippen molar-refractivity contribution in [2.24, 2.45) is 0 Å². The summed E-state index contributed by atoms with van der Waals surface area (Å²) in [6, 6.07) is 3.54. The predicted molar refractivity (Wildman–Crippen MR) is 54.2 cm³/mol. The van der Waals surface area contributed by atoms with Crippen LogP contribution in [0.25, 0.3) is 0 Å². The first kappa shape index (κ1) is 9.06. The van der Waals surface area contributed by atoms with Gasteiger partial charge in [0.15, 0.2) is 0 Å². The van der Waals surface area contributed by atoms with E-state index < -0.39 is 0 Å². The molecule has 0 aromatic heterocycles. The van der Waals surface area contributed by atoms with Crippen LogP contribution in [0.1, 0.15) is 27.9 Å². The Bertz CT molecular complexity index is 385. The molecule has 2 rings (SSSR count). The molecule has 0 heterocycles. The second kappa shape index (κ2) is 3.33. The lowest BCUT2D eigenvalue weighted by atomic mass is 10.0. The van der Waals surface area contributed by atoms with Crippen molar-refractivity contribution in [2.45, 2.75) is 19.3 Å². The number of carbonyl (C=O) groups is 1. The van der Waals surface area contributed by atoms with Crippen LogP contribution in [0.5, 0.6) is 0 Å². The fraction of sp³-hybridized carbons (Fsp3) is 0.364. The van der Waals surface area contributed by atoms with Gasteiger partial charge in [-0.2, -0.15) is 0 Å². The molecule has 1 aliphatic rings. The molecule has 1 aliphatic carbocycles. The summed E-state index contributed by atoms with van der Waals surface area (Å²) in [5, 5.41) is 0. The van der Waals surface area contributed by atoms with Crippen molar-refractivity contribution in [3.8, 4) is 0 Å². The number of ether oxygens (including phenoxy) is 1. The van der Waals surface area contributed by atoms with Gasteiger partial charge in [0, 0.05) is 5.69 Å². The topological polar surface area (TPSA) is 52.3 Å². The second-order valence-electron chi connectivity index (χ2n) is 3.50. The first-order valence-corrected chi connectivity index (χ1v) is 4.72. The van der Waals surface area contributed by atoms with E-state index >= 15 is 0 Å². The van der Waals surface area contributed by atoms with Gasteiger partial charge >= 0.3 is 5.97 Å². The molecule has 0 bridgehead atoms. The van der Waals surface area contributed by atoms with Gasteiger partial charge < -0.3 is 10.5 Å². The highest BCUT2D eigenvalue weighted by atomic mass is 16.5. The minimum absolute atomic E-state index is 0.261. The van der Waals surface area contributed by atoms with E-state index in [-0.39, 0.29) is 5.97 Å². The van der Waals surface area contributed by atoms with Gasteiger partial charge in [-0.25, -0.2) is 4.79 Å². The average molecular weight is 191 g/mol. The summed E-state index contributed by atoms with van der Waals surface area (Å²) in [5.74, 6) is -0.261. The molecular weight excluding hydrogens is 178 g/mol. The fourth-order valence-corrected chi connectivity index (χ4v) is 2.04. The Kier molecular flexibility index (Phi) is 2.15. The highest BCUT2D eigenvalue weighted by Gasteiger charge is 2.21. The number of nitrogen functional groups attached to an aromatic ring is 1. The van der Waals surface area contributed by atoms with Crippen LogP contribution >= 0.6 is 0 Å². The number of hydrogen-bond acceptors (Lipinski definition) is 3. The zero-order valence-corrected chi connectivity index (χ0v) is 8.17. The quantitative estimate of drug-likeness (QED) is 0.541. The van der Waals surface area contributed by atoms with Gasteiger partial charge in [0.05, 0.1) is 12.7 Å². The molecule has 0 atom stereocenters. The summed E-state index contributed by atoms with van der Waals surface area (Å²) in [6.45, 7) is 0. The molecule has 0 unspecified atom stereocenters. The van der Waals surface area contributed by atoms with Crippen LogP contribution in [-0.4, -0.2) is 13.1 Å². The Morgan fingerprint density at radius 3 is 2.79 bits per heavy atom. The number of fused-ring (bicyclic) bond motifs is 1. The van der Waals surface area contributed by atoms with E-state index in [0.717, 1.165) is 36.1 Å². The van der Waals surface area contributed by atoms with E-state index in [4.69, 9.17) is 10.5 Å². The molecule has 1 aromatic carbocycles. The third-order valence-corrected chi connectivity index (χ3v) is 2.73. The molecule has 2 N–H and O–H groups in total. The summed E-state index contributed by atoms with van der Waals surface area (Å²) in [4.78, 5) is 11.4. The Balaban J connectivity index is 2.53. The summed E-state index contributed by atoms with van der Waals surface area (Å²) in [6.07, 6.45) is 2.99. The van der Waals surface area contributed by atoms with Gasteiger partial charge in [-0.3, -0.25) is 0 Å². The number of benzene rings is 1. The van der Waals surface area contributed by atoms with E-state index in [0.29, 0.717) is 5.56 Å². The van der Waals surface area contributed by atoms with Crippen molar-refractivity contribution in [1.82, 2.24) is 0 Å². The average Bonchev–Trinajstić information content (AvgIpc) is 2.67. The molecule has 0 spiro atoms. The van der Waals surface area contributed by atoms with Crippen molar-refractivity contribution in [2.75, 3.05) is 12.8 Å². The lowest BCUT2D eigenvalue weighted by Crippen LogP contribution is -2.06. The number of carbonyl (C=O) groups excluding carboxylic acids is 1. The van der Waals surface area contributed by atoms with Gasteiger partial charge in [0.2, 0.25) is 0 Å². The van der Waals surface area contributed by atoms with Crippen molar-refractivity contribution in [3.63, 3.8) is 0 Å². The molecule has 0 saturated heterocycles. The van der Waals surface area contributed by atoms with Gasteiger partial charge in [-0.1, -0.05) is 0 Å². The molecule has 74 valence electrons. The van der Waals surface area contributed by atoms with Crippen molar-refractivity contribution in [3.05, 3.63) is 28.8 Å². The molecule has 14 heavy (non-hydrogen) atoms. The minimum Gasteiger partial charge on any atom is -0.465 e. The zero-order chi connectivity index (χ0) is 10.1. The van der Waals surface area contributed by atoms with Crippen LogP contribution < -0.4 is 5.73 Å². The molecule has 0 aliphatic heterocycles. The Labute approximate surface area is 82.9 Å². The Morgan fingerprint density at radius 1 is 1.36 bits per heavy atom. The standard InChI is InChI=1S/C11H13NO2/c1-14-11(13)9-5-6-10(12)8-4-2-3-7(8)9/h5-6H,2-4,12H2,1H3. The monoisotopic (exact) mass is 191 g/mol. The molecule has 0 saturated carbocycles. The maximum atomic E-state index is 11.4. The Morgan fingerprint density at radius 2 is 2.07 bits per heavy atom. The lowest BCUT2D eigenvalue weighted by Gasteiger charge is -2.08. The van der Waals surface area contributed by atoms with Gasteiger partial charge in [0.25, 0.3) is 0 Å². The maximum absolute atomic E-state index is 11.4. The third-order valence-electron chi connectivity index (χ3n) is 2.73. The van der Waals surface area contributed by atoms with E-state index in [2.05, 4.69) is 0 Å². The number of hydrogen-bond donors (Lipinski definition) is 1. The van der Waals surface area contributed by atoms with Crippen molar-refractivity contribution in [1.29, 1.82) is 0 Å². The fourth-order valence-electron chi connectivity index (χ4n) is 2.04. The van der Waals surface area contributed by atoms with Gasteiger partial charge in [0.1, 0.15) is 0 Å². The van der Waals surface area contributed by atoms with Crippen molar-refractivity contribution < 1.29 is 9.53 Å². The molecular formula is C11H13NO2. The van der Waals surface area contributed by atoms with Crippen LogP contribution in [-0.2, 0) is 17.6 Å². The van der Waals surface area contributed by atoms with Crippen LogP contribution in [0, 0.1) is 0 Å². The number of anilines is 1. The van der Waals surface area contributed by atoms with E-state index in [9.17, 15) is 4.79 Å². The van der Waals surface area contributed by atoms with Crippen molar-refractivity contribution >= 4 is 11.7 Å². The lowest BCUT2D eigenvalue weighted by molar-refractivity contribution is 0.0599. The number of methoxy groups -OCH3 is 1. The van der Waals surface area contributed by atoms with E-state index in [1.54, 1.807) is 12.1 Å². The normalized spacial score (nSPS) is 13.8. The van der Waals surface area contributed by atoms with E-state index in [1.165, 1.54) is 7.11 Å². The van der Waals surface area contributed by atoms with Crippen LogP contribution in [0.4, 0.5) is 5.69 Å². The molecule has 0 radical (unpaired) electrons. The molecule has 0 amide bonds.